The van der Waals surface area contributed by atoms with E-state index in [1.165, 1.54) is 16.7 Å². The first kappa shape index (κ1) is 23.8. The van der Waals surface area contributed by atoms with Gasteiger partial charge < -0.3 is 15.0 Å². The zero-order valence-corrected chi connectivity index (χ0v) is 20.8. The van der Waals surface area contributed by atoms with E-state index in [1.807, 2.05) is 36.7 Å². The number of rotatable bonds is 6. The van der Waals surface area contributed by atoms with Crippen molar-refractivity contribution in [2.45, 2.75) is 26.3 Å². The molecule has 7 heteroatoms. The van der Waals surface area contributed by atoms with Gasteiger partial charge in [-0.2, -0.15) is 0 Å². The lowest BCUT2D eigenvalue weighted by molar-refractivity contribution is -0.137. The maximum absolute atomic E-state index is 12.2. The summed E-state index contributed by atoms with van der Waals surface area (Å²) >= 11 is 0. The van der Waals surface area contributed by atoms with E-state index in [-0.39, 0.29) is 12.3 Å². The molecule has 1 aliphatic rings. The van der Waals surface area contributed by atoms with Gasteiger partial charge in [0.1, 0.15) is 5.65 Å². The second-order valence-electron chi connectivity index (χ2n) is 9.70. The van der Waals surface area contributed by atoms with Crippen LogP contribution in [-0.4, -0.2) is 63.9 Å². The van der Waals surface area contributed by atoms with Crippen LogP contribution in [0.3, 0.4) is 0 Å². The van der Waals surface area contributed by atoms with E-state index in [2.05, 4.69) is 40.0 Å². The first-order valence-corrected chi connectivity index (χ1v) is 12.2. The van der Waals surface area contributed by atoms with Crippen molar-refractivity contribution >= 4 is 22.9 Å². The van der Waals surface area contributed by atoms with Gasteiger partial charge in [-0.3, -0.25) is 14.5 Å². The second kappa shape index (κ2) is 9.59. The average molecular weight is 483 g/mol. The van der Waals surface area contributed by atoms with Crippen molar-refractivity contribution in [3.8, 4) is 22.3 Å². The summed E-state index contributed by atoms with van der Waals surface area (Å²) in [6, 6.07) is 14.3. The van der Waals surface area contributed by atoms with E-state index in [0.29, 0.717) is 12.1 Å². The number of carboxylic acid groups (broad SMARTS) is 1. The molecule has 5 rings (SSSR count). The summed E-state index contributed by atoms with van der Waals surface area (Å²) in [6.45, 7) is 4.37. The third kappa shape index (κ3) is 4.62. The third-order valence-electron chi connectivity index (χ3n) is 7.00. The van der Waals surface area contributed by atoms with Crippen LogP contribution in [0.5, 0.6) is 0 Å². The fraction of sp³-hybridized carbons (Fsp3) is 0.276. The lowest BCUT2D eigenvalue weighted by Crippen LogP contribution is -2.32. The molecule has 4 aromatic rings. The largest absolute Gasteiger partial charge is 0.481 e. The van der Waals surface area contributed by atoms with Crippen LogP contribution in [0.4, 0.5) is 0 Å². The summed E-state index contributed by atoms with van der Waals surface area (Å²) in [5.41, 5.74) is 9.61. The van der Waals surface area contributed by atoms with Gasteiger partial charge in [-0.25, -0.2) is 4.98 Å². The number of carbonyl (C=O) groups is 2. The van der Waals surface area contributed by atoms with E-state index in [0.717, 1.165) is 52.8 Å². The molecule has 0 aliphatic carbocycles. The Hall–Kier alpha value is -3.97. The Bertz CT molecular complexity index is 1450. The number of H-pyrrole nitrogens is 1. The number of amides is 1. The smallest absolute Gasteiger partial charge is 0.304 e. The highest BCUT2D eigenvalue weighted by Gasteiger charge is 2.20. The number of fused-ring (bicyclic) bond motifs is 2. The number of nitrogens with zero attached hydrogens (tertiary/aromatic N) is 3. The van der Waals surface area contributed by atoms with Gasteiger partial charge >= 0.3 is 5.97 Å². The van der Waals surface area contributed by atoms with Crippen molar-refractivity contribution in [1.29, 1.82) is 0 Å². The topological polar surface area (TPSA) is 89.5 Å². The molecule has 0 saturated heterocycles. The molecule has 0 spiro atoms. The zero-order chi connectivity index (χ0) is 25.4. The summed E-state index contributed by atoms with van der Waals surface area (Å²) in [4.78, 5) is 35.0. The summed E-state index contributed by atoms with van der Waals surface area (Å²) in [5, 5.41) is 10.0. The van der Waals surface area contributed by atoms with E-state index >= 15 is 0 Å². The van der Waals surface area contributed by atoms with E-state index in [1.54, 1.807) is 19.0 Å². The van der Waals surface area contributed by atoms with Gasteiger partial charge in [0.05, 0.1) is 6.42 Å². The molecule has 2 N–H and O–H groups in total. The number of aryl methyl sites for hydroxylation is 1. The minimum absolute atomic E-state index is 0.0165. The number of nitrogens with one attached hydrogen (secondary N) is 1. The highest BCUT2D eigenvalue weighted by Crippen LogP contribution is 2.33. The highest BCUT2D eigenvalue weighted by atomic mass is 16.4. The minimum Gasteiger partial charge on any atom is -0.481 e. The molecular weight excluding hydrogens is 452 g/mol. The number of aromatic amines is 1. The minimum atomic E-state index is -0.752. The number of hydrogen-bond acceptors (Lipinski definition) is 4. The number of carbonyl (C=O) groups excluding carboxylic acids is 1. The Kier molecular flexibility index (Phi) is 6.33. The number of aromatic nitrogens is 2. The molecule has 7 nitrogen and oxygen atoms in total. The molecule has 2 aromatic carbocycles. The van der Waals surface area contributed by atoms with Crippen LogP contribution in [0.25, 0.3) is 33.3 Å². The predicted octanol–water partition coefficient (Wildman–Crippen LogP) is 4.74. The second-order valence-corrected chi connectivity index (χ2v) is 9.70. The lowest BCUT2D eigenvalue weighted by Gasteiger charge is -2.30. The Labute approximate surface area is 210 Å². The molecule has 1 aliphatic heterocycles. The Morgan fingerprint density at radius 3 is 2.58 bits per heavy atom. The molecule has 0 saturated carbocycles. The zero-order valence-electron chi connectivity index (χ0n) is 20.8. The third-order valence-corrected chi connectivity index (χ3v) is 7.00. The fourth-order valence-corrected chi connectivity index (χ4v) is 4.98. The SMILES string of the molecule is Cc1cc(-c2cnc3[nH]cc(-c4ccc(C(=O)N(C)C)cc4)c3c2)cc2c1CN(CCC(=O)O)CC2. The molecule has 0 radical (unpaired) electrons. The summed E-state index contributed by atoms with van der Waals surface area (Å²) < 4.78 is 0. The van der Waals surface area contributed by atoms with E-state index in [4.69, 9.17) is 5.11 Å². The first-order chi connectivity index (χ1) is 17.3. The van der Waals surface area contributed by atoms with Crippen molar-refractivity contribution in [3.63, 3.8) is 0 Å². The van der Waals surface area contributed by atoms with E-state index in [9.17, 15) is 9.59 Å². The molecule has 0 unspecified atom stereocenters. The Morgan fingerprint density at radius 2 is 1.86 bits per heavy atom. The molecule has 1 amide bonds. The normalized spacial score (nSPS) is 13.5. The van der Waals surface area contributed by atoms with Crippen molar-refractivity contribution < 1.29 is 14.7 Å². The number of carboxylic acids is 1. The van der Waals surface area contributed by atoms with Crippen LogP contribution >= 0.6 is 0 Å². The van der Waals surface area contributed by atoms with Crippen LogP contribution in [0.15, 0.2) is 54.9 Å². The molecule has 2 aromatic heterocycles. The van der Waals surface area contributed by atoms with Crippen molar-refractivity contribution in [2.24, 2.45) is 0 Å². The molecular formula is C29H30N4O3. The van der Waals surface area contributed by atoms with Gasteiger partial charge in [-0.1, -0.05) is 24.3 Å². The maximum atomic E-state index is 12.2. The van der Waals surface area contributed by atoms with Crippen molar-refractivity contribution in [1.82, 2.24) is 19.8 Å². The van der Waals surface area contributed by atoms with Gasteiger partial charge in [0.15, 0.2) is 0 Å². The quantitative estimate of drug-likeness (QED) is 0.414. The van der Waals surface area contributed by atoms with Crippen LogP contribution in [0.1, 0.15) is 33.5 Å². The molecule has 3 heterocycles. The van der Waals surface area contributed by atoms with Gasteiger partial charge in [0.25, 0.3) is 5.91 Å². The van der Waals surface area contributed by atoms with Crippen LogP contribution in [0.2, 0.25) is 0 Å². The number of pyridine rings is 1. The number of hydrogen-bond donors (Lipinski definition) is 2. The molecule has 0 bridgehead atoms. The monoisotopic (exact) mass is 482 g/mol. The maximum Gasteiger partial charge on any atom is 0.304 e. The number of benzene rings is 2. The summed E-state index contributed by atoms with van der Waals surface area (Å²) in [5.74, 6) is -0.768. The molecule has 36 heavy (non-hydrogen) atoms. The summed E-state index contributed by atoms with van der Waals surface area (Å²) in [7, 11) is 3.50. The van der Waals surface area contributed by atoms with Crippen molar-refractivity contribution in [2.75, 3.05) is 27.2 Å². The van der Waals surface area contributed by atoms with Gasteiger partial charge in [0, 0.05) is 68.2 Å². The predicted molar refractivity (Wildman–Crippen MR) is 141 cm³/mol. The van der Waals surface area contributed by atoms with Gasteiger partial charge in [-0.05, 0) is 59.4 Å². The van der Waals surface area contributed by atoms with Gasteiger partial charge in [0.2, 0.25) is 0 Å². The van der Waals surface area contributed by atoms with Crippen LogP contribution in [-0.2, 0) is 17.8 Å². The molecule has 184 valence electrons. The highest BCUT2D eigenvalue weighted by molar-refractivity contribution is 5.98. The van der Waals surface area contributed by atoms with E-state index < -0.39 is 5.97 Å². The number of aliphatic carboxylic acids is 1. The average Bonchev–Trinajstić information content (AvgIpc) is 3.30. The molecule has 0 fully saturated rings. The summed E-state index contributed by atoms with van der Waals surface area (Å²) in [6.07, 6.45) is 4.96. The fourth-order valence-electron chi connectivity index (χ4n) is 4.98. The van der Waals surface area contributed by atoms with Crippen molar-refractivity contribution in [3.05, 3.63) is 77.1 Å². The first-order valence-electron chi connectivity index (χ1n) is 12.2. The molecule has 0 atom stereocenters. The standard InChI is InChI=1S/C29H30N4O3/c1-18-12-22(13-21-8-10-33(17-26(18)21)11-9-27(34)35)23-14-24-25(16-31-28(24)30-15-23)19-4-6-20(7-5-19)29(36)32(2)3/h4-7,12-16H,8-11,17H2,1-3H3,(H,30,31)(H,34,35). The lowest BCUT2D eigenvalue weighted by atomic mass is 9.91. The Morgan fingerprint density at radius 1 is 1.08 bits per heavy atom. The van der Waals surface area contributed by atoms with Crippen LogP contribution in [0, 0.1) is 6.92 Å². The van der Waals surface area contributed by atoms with Gasteiger partial charge in [-0.15, -0.1) is 0 Å². The van der Waals surface area contributed by atoms with Crippen LogP contribution < -0.4 is 0 Å². The Balaban J connectivity index is 1.45.